The standard InChI is InChI=1S/C20H25N3O3/c1-4-21-20(25)15-9-11-16(12-10-15)23-19(24)13-22-17-7-5-6-8-18(17)26-14(2)3/h5-12,14,22H,4,13H2,1-3H3,(H,21,25)(H,23,24). The van der Waals surface area contributed by atoms with Crippen LogP contribution in [0.15, 0.2) is 48.5 Å². The highest BCUT2D eigenvalue weighted by atomic mass is 16.5. The Hall–Kier alpha value is -3.02. The molecule has 0 saturated carbocycles. The van der Waals surface area contributed by atoms with Crippen LogP contribution in [0.2, 0.25) is 0 Å². The third kappa shape index (κ3) is 5.81. The predicted octanol–water partition coefficient (Wildman–Crippen LogP) is 3.27. The fourth-order valence-corrected chi connectivity index (χ4v) is 2.32. The molecule has 0 atom stereocenters. The summed E-state index contributed by atoms with van der Waals surface area (Å²) >= 11 is 0. The first-order valence-corrected chi connectivity index (χ1v) is 8.67. The number of hydrogen-bond acceptors (Lipinski definition) is 4. The Morgan fingerprint density at radius 1 is 1.04 bits per heavy atom. The van der Waals surface area contributed by atoms with Gasteiger partial charge in [0.2, 0.25) is 5.91 Å². The van der Waals surface area contributed by atoms with Gasteiger partial charge in [0.15, 0.2) is 0 Å². The van der Waals surface area contributed by atoms with Crippen molar-refractivity contribution < 1.29 is 14.3 Å². The topological polar surface area (TPSA) is 79.5 Å². The highest BCUT2D eigenvalue weighted by molar-refractivity contribution is 5.96. The van der Waals surface area contributed by atoms with E-state index in [4.69, 9.17) is 4.74 Å². The average Bonchev–Trinajstić information content (AvgIpc) is 2.61. The molecule has 2 aromatic carbocycles. The van der Waals surface area contributed by atoms with Crippen molar-refractivity contribution in [3.8, 4) is 5.75 Å². The highest BCUT2D eigenvalue weighted by Crippen LogP contribution is 2.24. The van der Waals surface area contributed by atoms with Gasteiger partial charge in [-0.2, -0.15) is 0 Å². The van der Waals surface area contributed by atoms with Gasteiger partial charge in [0.1, 0.15) is 5.75 Å². The Morgan fingerprint density at radius 3 is 2.38 bits per heavy atom. The summed E-state index contributed by atoms with van der Waals surface area (Å²) in [5.74, 6) is 0.394. The zero-order valence-corrected chi connectivity index (χ0v) is 15.3. The Bertz CT molecular complexity index is 742. The summed E-state index contributed by atoms with van der Waals surface area (Å²) in [5, 5.41) is 8.61. The van der Waals surface area contributed by atoms with Gasteiger partial charge in [0.05, 0.1) is 18.3 Å². The quantitative estimate of drug-likeness (QED) is 0.679. The highest BCUT2D eigenvalue weighted by Gasteiger charge is 2.08. The molecule has 0 unspecified atom stereocenters. The Kier molecular flexibility index (Phi) is 7.02. The number of rotatable bonds is 8. The van der Waals surface area contributed by atoms with E-state index in [2.05, 4.69) is 16.0 Å². The molecule has 2 aromatic rings. The number of carbonyl (C=O) groups is 2. The molecular weight excluding hydrogens is 330 g/mol. The van der Waals surface area contributed by atoms with Crippen LogP contribution in [0.5, 0.6) is 5.75 Å². The third-order valence-electron chi connectivity index (χ3n) is 3.46. The zero-order valence-electron chi connectivity index (χ0n) is 15.3. The summed E-state index contributed by atoms with van der Waals surface area (Å²) in [5.41, 5.74) is 1.96. The van der Waals surface area contributed by atoms with E-state index < -0.39 is 0 Å². The van der Waals surface area contributed by atoms with Gasteiger partial charge in [-0.15, -0.1) is 0 Å². The molecule has 0 aliphatic carbocycles. The number of amides is 2. The molecule has 6 nitrogen and oxygen atoms in total. The predicted molar refractivity (Wildman–Crippen MR) is 104 cm³/mol. The summed E-state index contributed by atoms with van der Waals surface area (Å²) in [6.45, 7) is 6.45. The van der Waals surface area contributed by atoms with Crippen molar-refractivity contribution in [2.24, 2.45) is 0 Å². The molecule has 3 N–H and O–H groups in total. The molecule has 0 spiro atoms. The fraction of sp³-hybridized carbons (Fsp3) is 0.300. The minimum absolute atomic E-state index is 0.0511. The zero-order chi connectivity index (χ0) is 18.9. The SMILES string of the molecule is CCNC(=O)c1ccc(NC(=O)CNc2ccccc2OC(C)C)cc1. The van der Waals surface area contributed by atoms with Gasteiger partial charge in [-0.25, -0.2) is 0 Å². The summed E-state index contributed by atoms with van der Waals surface area (Å²) in [7, 11) is 0. The minimum Gasteiger partial charge on any atom is -0.489 e. The lowest BCUT2D eigenvalue weighted by molar-refractivity contribution is -0.114. The second kappa shape index (κ2) is 9.46. The van der Waals surface area contributed by atoms with Crippen molar-refractivity contribution in [2.45, 2.75) is 26.9 Å². The van der Waals surface area contributed by atoms with Gasteiger partial charge < -0.3 is 20.7 Å². The van der Waals surface area contributed by atoms with Crippen LogP contribution in [-0.4, -0.2) is 31.0 Å². The molecule has 0 bridgehead atoms. The lowest BCUT2D eigenvalue weighted by atomic mass is 10.2. The van der Waals surface area contributed by atoms with E-state index in [1.165, 1.54) is 0 Å². The fourth-order valence-electron chi connectivity index (χ4n) is 2.32. The maximum Gasteiger partial charge on any atom is 0.251 e. The molecule has 0 saturated heterocycles. The number of benzene rings is 2. The number of ether oxygens (including phenoxy) is 1. The van der Waals surface area contributed by atoms with Crippen molar-refractivity contribution >= 4 is 23.2 Å². The molecule has 2 amide bonds. The van der Waals surface area contributed by atoms with E-state index in [1.54, 1.807) is 24.3 Å². The van der Waals surface area contributed by atoms with E-state index in [0.29, 0.717) is 23.5 Å². The number of hydrogen-bond donors (Lipinski definition) is 3. The molecule has 0 heterocycles. The smallest absolute Gasteiger partial charge is 0.251 e. The summed E-state index contributed by atoms with van der Waals surface area (Å²) in [4.78, 5) is 23.9. The molecule has 26 heavy (non-hydrogen) atoms. The molecule has 0 aliphatic heterocycles. The second-order valence-electron chi connectivity index (χ2n) is 6.00. The van der Waals surface area contributed by atoms with E-state index in [-0.39, 0.29) is 24.5 Å². The van der Waals surface area contributed by atoms with Crippen LogP contribution in [0.1, 0.15) is 31.1 Å². The maximum atomic E-state index is 12.1. The van der Waals surface area contributed by atoms with Gasteiger partial charge in [-0.3, -0.25) is 9.59 Å². The van der Waals surface area contributed by atoms with Gasteiger partial charge in [0, 0.05) is 17.8 Å². The van der Waals surface area contributed by atoms with Crippen molar-refractivity contribution in [2.75, 3.05) is 23.7 Å². The van der Waals surface area contributed by atoms with Gasteiger partial charge in [-0.05, 0) is 57.2 Å². The lowest BCUT2D eigenvalue weighted by Gasteiger charge is -2.15. The third-order valence-corrected chi connectivity index (χ3v) is 3.46. The first-order chi connectivity index (χ1) is 12.5. The van der Waals surface area contributed by atoms with Crippen LogP contribution in [0.3, 0.4) is 0 Å². The molecule has 6 heteroatoms. The van der Waals surface area contributed by atoms with Crippen LogP contribution in [-0.2, 0) is 4.79 Å². The van der Waals surface area contributed by atoms with E-state index >= 15 is 0 Å². The van der Waals surface area contributed by atoms with Crippen molar-refractivity contribution in [1.29, 1.82) is 0 Å². The van der Waals surface area contributed by atoms with Gasteiger partial charge in [-0.1, -0.05) is 12.1 Å². The Balaban J connectivity index is 1.90. The molecule has 0 fully saturated rings. The number of nitrogens with one attached hydrogen (secondary N) is 3. The molecule has 0 aromatic heterocycles. The first kappa shape index (κ1) is 19.3. The molecule has 0 aliphatic rings. The van der Waals surface area contributed by atoms with Crippen LogP contribution < -0.4 is 20.7 Å². The minimum atomic E-state index is -0.185. The number of para-hydroxylation sites is 2. The summed E-state index contributed by atoms with van der Waals surface area (Å²) in [6, 6.07) is 14.3. The lowest BCUT2D eigenvalue weighted by Crippen LogP contribution is -2.23. The van der Waals surface area contributed by atoms with Crippen LogP contribution in [0.25, 0.3) is 0 Å². The molecule has 138 valence electrons. The van der Waals surface area contributed by atoms with Crippen molar-refractivity contribution in [3.05, 3.63) is 54.1 Å². The molecule has 2 rings (SSSR count). The van der Waals surface area contributed by atoms with Crippen molar-refractivity contribution in [3.63, 3.8) is 0 Å². The monoisotopic (exact) mass is 355 g/mol. The van der Waals surface area contributed by atoms with Gasteiger partial charge in [0.25, 0.3) is 5.91 Å². The van der Waals surface area contributed by atoms with E-state index in [1.807, 2.05) is 45.0 Å². The van der Waals surface area contributed by atoms with Crippen LogP contribution >= 0.6 is 0 Å². The summed E-state index contributed by atoms with van der Waals surface area (Å²) in [6.07, 6.45) is 0.0511. The molecular formula is C20H25N3O3. The maximum absolute atomic E-state index is 12.1. The van der Waals surface area contributed by atoms with Crippen LogP contribution in [0.4, 0.5) is 11.4 Å². The largest absolute Gasteiger partial charge is 0.489 e. The van der Waals surface area contributed by atoms with E-state index in [9.17, 15) is 9.59 Å². The first-order valence-electron chi connectivity index (χ1n) is 8.67. The Morgan fingerprint density at radius 2 is 1.73 bits per heavy atom. The van der Waals surface area contributed by atoms with Crippen LogP contribution in [0, 0.1) is 0 Å². The van der Waals surface area contributed by atoms with Gasteiger partial charge >= 0.3 is 0 Å². The average molecular weight is 355 g/mol. The second-order valence-corrected chi connectivity index (χ2v) is 6.00. The summed E-state index contributed by atoms with van der Waals surface area (Å²) < 4.78 is 5.72. The number of anilines is 2. The molecule has 0 radical (unpaired) electrons. The normalized spacial score (nSPS) is 10.3. The number of carbonyl (C=O) groups excluding carboxylic acids is 2. The van der Waals surface area contributed by atoms with Crippen molar-refractivity contribution in [1.82, 2.24) is 5.32 Å². The van der Waals surface area contributed by atoms with E-state index in [0.717, 1.165) is 5.69 Å². The Labute approximate surface area is 153 Å².